The van der Waals surface area contributed by atoms with Crippen LogP contribution in [0, 0.1) is 12.3 Å². The van der Waals surface area contributed by atoms with Crippen molar-refractivity contribution in [2.45, 2.75) is 0 Å². The predicted octanol–water partition coefficient (Wildman–Crippen LogP) is 1.33. The molecule has 0 amide bonds. The SMILES string of the molecule is C#CCOC(=O)c1csc(-c2cnn(C)c2)n1. The Balaban J connectivity index is 2.16. The first kappa shape index (κ1) is 11.4. The molecule has 0 fully saturated rings. The van der Waals surface area contributed by atoms with Crippen LogP contribution in [-0.2, 0) is 11.8 Å². The number of nitrogens with zero attached hydrogens (tertiary/aromatic N) is 3. The Kier molecular flexibility index (Phi) is 3.21. The lowest BCUT2D eigenvalue weighted by Crippen LogP contribution is -2.05. The highest BCUT2D eigenvalue weighted by atomic mass is 32.1. The third kappa shape index (κ3) is 2.52. The molecule has 0 bridgehead atoms. The number of thiazole rings is 1. The van der Waals surface area contributed by atoms with E-state index in [1.807, 2.05) is 13.2 Å². The van der Waals surface area contributed by atoms with Crippen molar-refractivity contribution in [3.63, 3.8) is 0 Å². The number of carbonyl (C=O) groups excluding carboxylic acids is 1. The van der Waals surface area contributed by atoms with Gasteiger partial charge >= 0.3 is 5.97 Å². The van der Waals surface area contributed by atoms with Crippen LogP contribution in [0.1, 0.15) is 10.5 Å². The van der Waals surface area contributed by atoms with Crippen LogP contribution in [0.5, 0.6) is 0 Å². The molecule has 0 aliphatic heterocycles. The van der Waals surface area contributed by atoms with E-state index < -0.39 is 5.97 Å². The molecule has 0 N–H and O–H groups in total. The van der Waals surface area contributed by atoms with Gasteiger partial charge in [0.25, 0.3) is 0 Å². The molecule has 2 rings (SSSR count). The molecule has 0 spiro atoms. The van der Waals surface area contributed by atoms with Gasteiger partial charge in [-0.2, -0.15) is 5.10 Å². The molecule has 0 saturated carbocycles. The third-order valence-electron chi connectivity index (χ3n) is 1.95. The molecule has 2 heterocycles. The molecular weight excluding hydrogens is 238 g/mol. The maximum atomic E-state index is 11.5. The molecule has 0 aliphatic rings. The summed E-state index contributed by atoms with van der Waals surface area (Å²) in [6, 6.07) is 0. The van der Waals surface area contributed by atoms with Gasteiger partial charge in [-0.25, -0.2) is 9.78 Å². The summed E-state index contributed by atoms with van der Waals surface area (Å²) >= 11 is 1.36. The fraction of sp³-hybridized carbons (Fsp3) is 0.182. The maximum Gasteiger partial charge on any atom is 0.358 e. The van der Waals surface area contributed by atoms with Crippen molar-refractivity contribution in [1.29, 1.82) is 0 Å². The van der Waals surface area contributed by atoms with E-state index in [1.165, 1.54) is 11.3 Å². The van der Waals surface area contributed by atoms with E-state index in [9.17, 15) is 4.79 Å². The molecule has 0 unspecified atom stereocenters. The van der Waals surface area contributed by atoms with Crippen molar-refractivity contribution in [3.8, 4) is 22.9 Å². The number of hydrogen-bond donors (Lipinski definition) is 0. The highest BCUT2D eigenvalue weighted by Gasteiger charge is 2.13. The summed E-state index contributed by atoms with van der Waals surface area (Å²) in [7, 11) is 1.82. The Morgan fingerprint density at radius 2 is 2.53 bits per heavy atom. The van der Waals surface area contributed by atoms with Crippen LogP contribution in [0.4, 0.5) is 0 Å². The lowest BCUT2D eigenvalue weighted by molar-refractivity contribution is 0.0551. The summed E-state index contributed by atoms with van der Waals surface area (Å²) in [5.74, 6) is 1.72. The molecule has 0 radical (unpaired) electrons. The largest absolute Gasteiger partial charge is 0.448 e. The number of carbonyl (C=O) groups is 1. The van der Waals surface area contributed by atoms with Gasteiger partial charge in [-0.05, 0) is 0 Å². The maximum absolute atomic E-state index is 11.5. The minimum atomic E-state index is -0.505. The predicted molar refractivity (Wildman–Crippen MR) is 63.4 cm³/mol. The van der Waals surface area contributed by atoms with E-state index >= 15 is 0 Å². The highest BCUT2D eigenvalue weighted by molar-refractivity contribution is 7.13. The van der Waals surface area contributed by atoms with Gasteiger partial charge in [-0.1, -0.05) is 5.92 Å². The molecule has 6 heteroatoms. The van der Waals surface area contributed by atoms with E-state index in [4.69, 9.17) is 11.2 Å². The van der Waals surface area contributed by atoms with Crippen molar-refractivity contribution in [2.75, 3.05) is 6.61 Å². The molecule has 0 saturated heterocycles. The number of rotatable bonds is 3. The first-order chi connectivity index (χ1) is 8.20. The van der Waals surface area contributed by atoms with E-state index in [-0.39, 0.29) is 12.3 Å². The summed E-state index contributed by atoms with van der Waals surface area (Å²) in [4.78, 5) is 15.6. The van der Waals surface area contributed by atoms with E-state index in [0.29, 0.717) is 0 Å². The topological polar surface area (TPSA) is 57.0 Å². The average Bonchev–Trinajstić information content (AvgIpc) is 2.93. The number of aromatic nitrogens is 3. The summed E-state index contributed by atoms with van der Waals surface area (Å²) in [6.07, 6.45) is 8.52. The molecule has 0 aliphatic carbocycles. The highest BCUT2D eigenvalue weighted by Crippen LogP contribution is 2.23. The smallest absolute Gasteiger partial charge is 0.358 e. The minimum absolute atomic E-state index is 0.0431. The van der Waals surface area contributed by atoms with Gasteiger partial charge in [0.15, 0.2) is 12.3 Å². The van der Waals surface area contributed by atoms with Gasteiger partial charge in [0.1, 0.15) is 5.01 Å². The summed E-state index contributed by atoms with van der Waals surface area (Å²) in [5.41, 5.74) is 1.14. The van der Waals surface area contributed by atoms with Gasteiger partial charge < -0.3 is 4.74 Å². The van der Waals surface area contributed by atoms with Crippen LogP contribution in [0.3, 0.4) is 0 Å². The zero-order chi connectivity index (χ0) is 12.3. The van der Waals surface area contributed by atoms with Crippen molar-refractivity contribution in [1.82, 2.24) is 14.8 Å². The molecule has 0 aromatic carbocycles. The van der Waals surface area contributed by atoms with Crippen molar-refractivity contribution >= 4 is 17.3 Å². The zero-order valence-electron chi connectivity index (χ0n) is 9.08. The lowest BCUT2D eigenvalue weighted by Gasteiger charge is -1.95. The van der Waals surface area contributed by atoms with E-state index in [0.717, 1.165) is 10.6 Å². The summed E-state index contributed by atoms with van der Waals surface area (Å²) < 4.78 is 6.45. The normalized spacial score (nSPS) is 9.88. The number of ether oxygens (including phenoxy) is 1. The Hall–Kier alpha value is -2.13. The Morgan fingerprint density at radius 3 is 3.18 bits per heavy atom. The second kappa shape index (κ2) is 4.80. The second-order valence-electron chi connectivity index (χ2n) is 3.22. The summed E-state index contributed by atoms with van der Waals surface area (Å²) in [6.45, 7) is -0.0431. The first-order valence-corrected chi connectivity index (χ1v) is 5.64. The van der Waals surface area contributed by atoms with E-state index in [2.05, 4.69) is 16.0 Å². The van der Waals surface area contributed by atoms with E-state index in [1.54, 1.807) is 16.3 Å². The van der Waals surface area contributed by atoms with Crippen LogP contribution >= 0.6 is 11.3 Å². The number of esters is 1. The summed E-state index contributed by atoms with van der Waals surface area (Å²) in [5, 5.41) is 6.40. The van der Waals surface area contributed by atoms with Crippen LogP contribution < -0.4 is 0 Å². The standard InChI is InChI=1S/C11H9N3O2S/c1-3-4-16-11(15)9-7-17-10(13-9)8-5-12-14(2)6-8/h1,5-7H,4H2,2H3. The van der Waals surface area contributed by atoms with Crippen LogP contribution in [-0.4, -0.2) is 27.3 Å². The average molecular weight is 247 g/mol. The Labute approximate surface area is 102 Å². The number of hydrogen-bond acceptors (Lipinski definition) is 5. The van der Waals surface area contributed by atoms with Gasteiger partial charge in [0.2, 0.25) is 0 Å². The molecule has 2 aromatic rings. The molecule has 0 atom stereocenters. The van der Waals surface area contributed by atoms with Crippen LogP contribution in [0.25, 0.3) is 10.6 Å². The van der Waals surface area contributed by atoms with Crippen molar-refractivity contribution in [3.05, 3.63) is 23.5 Å². The van der Waals surface area contributed by atoms with Gasteiger partial charge in [0.05, 0.1) is 6.20 Å². The molecular formula is C11H9N3O2S. The van der Waals surface area contributed by atoms with Crippen molar-refractivity contribution < 1.29 is 9.53 Å². The molecule has 86 valence electrons. The Bertz CT molecular complexity index is 580. The first-order valence-electron chi connectivity index (χ1n) is 4.76. The quantitative estimate of drug-likeness (QED) is 0.606. The molecule has 17 heavy (non-hydrogen) atoms. The van der Waals surface area contributed by atoms with Gasteiger partial charge in [-0.15, -0.1) is 17.8 Å². The van der Waals surface area contributed by atoms with Crippen LogP contribution in [0.2, 0.25) is 0 Å². The number of aryl methyl sites for hydroxylation is 1. The van der Waals surface area contributed by atoms with Crippen molar-refractivity contribution in [2.24, 2.45) is 7.05 Å². The van der Waals surface area contributed by atoms with Gasteiger partial charge in [-0.3, -0.25) is 4.68 Å². The number of terminal acetylenes is 1. The zero-order valence-corrected chi connectivity index (χ0v) is 9.90. The molecule has 2 aromatic heterocycles. The fourth-order valence-electron chi connectivity index (χ4n) is 1.21. The van der Waals surface area contributed by atoms with Gasteiger partial charge in [0, 0.05) is 24.2 Å². The lowest BCUT2D eigenvalue weighted by atomic mass is 10.4. The monoisotopic (exact) mass is 247 g/mol. The fourth-order valence-corrected chi connectivity index (χ4v) is 1.98. The third-order valence-corrected chi connectivity index (χ3v) is 2.84. The molecule has 5 nitrogen and oxygen atoms in total. The minimum Gasteiger partial charge on any atom is -0.448 e. The second-order valence-corrected chi connectivity index (χ2v) is 4.08. The van der Waals surface area contributed by atoms with Crippen LogP contribution in [0.15, 0.2) is 17.8 Å². The Morgan fingerprint density at radius 1 is 1.71 bits per heavy atom.